The number of nitrogens with zero attached hydrogens (tertiary/aromatic N) is 2. The molecule has 0 aliphatic heterocycles. The van der Waals surface area contributed by atoms with E-state index >= 15 is 0 Å². The number of rotatable bonds is 8. The van der Waals surface area contributed by atoms with Gasteiger partial charge < -0.3 is 10.4 Å². The highest BCUT2D eigenvalue weighted by Gasteiger charge is 2.01. The van der Waals surface area contributed by atoms with Crippen LogP contribution in [0.5, 0.6) is 0 Å². The molecule has 1 atom stereocenters. The van der Waals surface area contributed by atoms with Crippen molar-refractivity contribution >= 4 is 0 Å². The van der Waals surface area contributed by atoms with E-state index in [0.717, 1.165) is 32.4 Å². The quantitative estimate of drug-likeness (QED) is 0.631. The largest absolute Gasteiger partial charge is 0.396 e. The summed E-state index contributed by atoms with van der Waals surface area (Å²) in [6, 6.07) is 2.38. The van der Waals surface area contributed by atoms with E-state index in [1.54, 1.807) is 6.20 Å². The van der Waals surface area contributed by atoms with Gasteiger partial charge in [0.2, 0.25) is 0 Å². The molecule has 0 fully saturated rings. The molecular weight excluding hydrogens is 190 g/mol. The van der Waals surface area contributed by atoms with Crippen LogP contribution in [-0.4, -0.2) is 34.1 Å². The van der Waals surface area contributed by atoms with Crippen LogP contribution in [0.4, 0.5) is 0 Å². The molecule has 4 nitrogen and oxygen atoms in total. The summed E-state index contributed by atoms with van der Waals surface area (Å²) in [5.74, 6) is 0. The fourth-order valence-electron chi connectivity index (χ4n) is 1.52. The van der Waals surface area contributed by atoms with Crippen LogP contribution < -0.4 is 5.32 Å². The van der Waals surface area contributed by atoms with Crippen LogP contribution in [0, 0.1) is 0 Å². The SMILES string of the molecule is CC(Cn1cccn1)NCCCCCO. The first kappa shape index (κ1) is 12.2. The summed E-state index contributed by atoms with van der Waals surface area (Å²) < 4.78 is 1.94. The molecule has 0 aliphatic rings. The van der Waals surface area contributed by atoms with E-state index in [-0.39, 0.29) is 0 Å². The number of aliphatic hydroxyl groups is 1. The van der Waals surface area contributed by atoms with Crippen molar-refractivity contribution in [3.05, 3.63) is 18.5 Å². The molecule has 0 bridgehead atoms. The Hall–Kier alpha value is -0.870. The summed E-state index contributed by atoms with van der Waals surface area (Å²) >= 11 is 0. The van der Waals surface area contributed by atoms with Crippen molar-refractivity contribution in [2.24, 2.45) is 0 Å². The standard InChI is InChI=1S/C11H21N3O/c1-11(10-14-8-5-7-13-14)12-6-3-2-4-9-15/h5,7-8,11-12,15H,2-4,6,9-10H2,1H3. The number of hydrogen-bond acceptors (Lipinski definition) is 3. The van der Waals surface area contributed by atoms with E-state index in [1.807, 2.05) is 16.9 Å². The molecule has 1 unspecified atom stereocenters. The Kier molecular flexibility index (Phi) is 6.04. The van der Waals surface area contributed by atoms with Gasteiger partial charge in [-0.1, -0.05) is 0 Å². The molecule has 0 amide bonds. The van der Waals surface area contributed by atoms with Gasteiger partial charge >= 0.3 is 0 Å². The van der Waals surface area contributed by atoms with Gasteiger partial charge in [0.1, 0.15) is 0 Å². The Morgan fingerprint density at radius 3 is 2.93 bits per heavy atom. The average molecular weight is 211 g/mol. The molecule has 0 saturated carbocycles. The minimum absolute atomic E-state index is 0.308. The van der Waals surface area contributed by atoms with Crippen molar-refractivity contribution < 1.29 is 5.11 Å². The Morgan fingerprint density at radius 1 is 1.40 bits per heavy atom. The number of aliphatic hydroxyl groups excluding tert-OH is 1. The van der Waals surface area contributed by atoms with E-state index in [4.69, 9.17) is 5.11 Å². The number of nitrogens with one attached hydrogen (secondary N) is 1. The normalized spacial score (nSPS) is 12.9. The van der Waals surface area contributed by atoms with Crippen LogP contribution in [0.2, 0.25) is 0 Å². The minimum atomic E-state index is 0.308. The first-order chi connectivity index (χ1) is 7.33. The maximum absolute atomic E-state index is 8.61. The monoisotopic (exact) mass is 211 g/mol. The second-order valence-electron chi connectivity index (χ2n) is 3.87. The van der Waals surface area contributed by atoms with Gasteiger partial charge in [0, 0.05) is 25.0 Å². The van der Waals surface area contributed by atoms with Crippen LogP contribution in [0.15, 0.2) is 18.5 Å². The third-order valence-corrected chi connectivity index (χ3v) is 2.35. The van der Waals surface area contributed by atoms with Crippen molar-refractivity contribution in [1.29, 1.82) is 0 Å². The van der Waals surface area contributed by atoms with Gasteiger partial charge in [0.05, 0.1) is 6.54 Å². The molecule has 0 spiro atoms. The first-order valence-electron chi connectivity index (χ1n) is 5.64. The second-order valence-corrected chi connectivity index (χ2v) is 3.87. The van der Waals surface area contributed by atoms with Gasteiger partial charge in [-0.3, -0.25) is 4.68 Å². The third-order valence-electron chi connectivity index (χ3n) is 2.35. The summed E-state index contributed by atoms with van der Waals surface area (Å²) in [4.78, 5) is 0. The zero-order valence-corrected chi connectivity index (χ0v) is 9.39. The molecule has 1 aromatic heterocycles. The number of hydrogen-bond donors (Lipinski definition) is 2. The summed E-state index contributed by atoms with van der Waals surface area (Å²) in [6.07, 6.45) is 6.91. The second kappa shape index (κ2) is 7.43. The fraction of sp³-hybridized carbons (Fsp3) is 0.727. The van der Waals surface area contributed by atoms with Crippen LogP contribution in [0.3, 0.4) is 0 Å². The summed E-state index contributed by atoms with van der Waals surface area (Å²) in [6.45, 7) is 4.39. The molecule has 15 heavy (non-hydrogen) atoms. The third kappa shape index (κ3) is 5.54. The average Bonchev–Trinajstić information content (AvgIpc) is 2.70. The van der Waals surface area contributed by atoms with Crippen LogP contribution in [-0.2, 0) is 6.54 Å². The van der Waals surface area contributed by atoms with Crippen LogP contribution >= 0.6 is 0 Å². The lowest BCUT2D eigenvalue weighted by Crippen LogP contribution is -2.31. The molecule has 1 aromatic rings. The van der Waals surface area contributed by atoms with Gasteiger partial charge in [-0.15, -0.1) is 0 Å². The highest BCUT2D eigenvalue weighted by Crippen LogP contribution is 1.94. The molecule has 4 heteroatoms. The topological polar surface area (TPSA) is 50.1 Å². The molecule has 0 aliphatic carbocycles. The first-order valence-corrected chi connectivity index (χ1v) is 5.64. The van der Waals surface area contributed by atoms with E-state index in [2.05, 4.69) is 17.3 Å². The van der Waals surface area contributed by atoms with Gasteiger partial charge in [0.25, 0.3) is 0 Å². The van der Waals surface area contributed by atoms with E-state index in [9.17, 15) is 0 Å². The summed E-state index contributed by atoms with van der Waals surface area (Å²) in [5.41, 5.74) is 0. The number of aromatic nitrogens is 2. The van der Waals surface area contributed by atoms with Crippen molar-refractivity contribution in [3.63, 3.8) is 0 Å². The molecule has 0 radical (unpaired) electrons. The zero-order valence-electron chi connectivity index (χ0n) is 9.39. The molecule has 0 saturated heterocycles. The lowest BCUT2D eigenvalue weighted by atomic mass is 10.2. The summed E-state index contributed by atoms with van der Waals surface area (Å²) in [7, 11) is 0. The van der Waals surface area contributed by atoms with E-state index < -0.39 is 0 Å². The van der Waals surface area contributed by atoms with Crippen molar-refractivity contribution in [2.75, 3.05) is 13.2 Å². The molecule has 2 N–H and O–H groups in total. The Bertz CT molecular complexity index is 236. The highest BCUT2D eigenvalue weighted by molar-refractivity contribution is 4.78. The van der Waals surface area contributed by atoms with Crippen molar-refractivity contribution in [2.45, 2.75) is 38.8 Å². The highest BCUT2D eigenvalue weighted by atomic mass is 16.2. The van der Waals surface area contributed by atoms with Gasteiger partial charge in [-0.05, 0) is 38.8 Å². The zero-order chi connectivity index (χ0) is 10.9. The Balaban J connectivity index is 2.01. The van der Waals surface area contributed by atoms with Gasteiger partial charge in [0.15, 0.2) is 0 Å². The molecule has 1 heterocycles. The van der Waals surface area contributed by atoms with Gasteiger partial charge in [-0.25, -0.2) is 0 Å². The van der Waals surface area contributed by atoms with Gasteiger partial charge in [-0.2, -0.15) is 5.10 Å². The molecule has 0 aromatic carbocycles. The predicted octanol–water partition coefficient (Wildman–Crippen LogP) is 1.02. The van der Waals surface area contributed by atoms with Crippen LogP contribution in [0.25, 0.3) is 0 Å². The summed E-state index contributed by atoms with van der Waals surface area (Å²) in [5, 5.41) is 16.2. The maximum atomic E-state index is 8.61. The molecule has 86 valence electrons. The Morgan fingerprint density at radius 2 is 2.27 bits per heavy atom. The number of unbranched alkanes of at least 4 members (excludes halogenated alkanes) is 2. The lowest BCUT2D eigenvalue weighted by molar-refractivity contribution is 0.282. The molecular formula is C11H21N3O. The van der Waals surface area contributed by atoms with E-state index in [0.29, 0.717) is 12.6 Å². The maximum Gasteiger partial charge on any atom is 0.0559 e. The predicted molar refractivity (Wildman–Crippen MR) is 60.6 cm³/mol. The minimum Gasteiger partial charge on any atom is -0.396 e. The Labute approximate surface area is 91.3 Å². The lowest BCUT2D eigenvalue weighted by Gasteiger charge is -2.13. The fourth-order valence-corrected chi connectivity index (χ4v) is 1.52. The van der Waals surface area contributed by atoms with E-state index in [1.165, 1.54) is 0 Å². The van der Waals surface area contributed by atoms with Crippen LogP contribution in [0.1, 0.15) is 26.2 Å². The molecule has 1 rings (SSSR count). The smallest absolute Gasteiger partial charge is 0.0559 e. The van der Waals surface area contributed by atoms with Crippen molar-refractivity contribution in [1.82, 2.24) is 15.1 Å². The van der Waals surface area contributed by atoms with Crippen molar-refractivity contribution in [3.8, 4) is 0 Å².